The summed E-state index contributed by atoms with van der Waals surface area (Å²) in [5.74, 6) is 0. The van der Waals surface area contributed by atoms with E-state index in [0.29, 0.717) is 5.15 Å². The zero-order valence-electron chi connectivity index (χ0n) is 11.1. The van der Waals surface area contributed by atoms with Gasteiger partial charge in [0.2, 0.25) is 0 Å². The minimum Gasteiger partial charge on any atom is -0.148 e. The summed E-state index contributed by atoms with van der Waals surface area (Å²) in [4.78, 5) is 0. The molecular weight excluding hydrogens is 280 g/mol. The van der Waals surface area contributed by atoms with Crippen LogP contribution in [0.25, 0.3) is 32.8 Å². The minimum absolute atomic E-state index is 0.440. The van der Waals surface area contributed by atoms with Gasteiger partial charge in [-0.3, -0.25) is 0 Å². The maximum Gasteiger partial charge on any atom is 0.159 e. The topological polar surface area (TPSA) is 25.8 Å². The molecule has 0 saturated heterocycles. The Labute approximate surface area is 127 Å². The Morgan fingerprint density at radius 1 is 0.667 bits per heavy atom. The lowest BCUT2D eigenvalue weighted by Crippen LogP contribution is -1.91. The van der Waals surface area contributed by atoms with Gasteiger partial charge in [-0.15, -0.1) is 10.2 Å². The second-order valence-corrected chi connectivity index (χ2v) is 5.31. The van der Waals surface area contributed by atoms with Gasteiger partial charge in [-0.25, -0.2) is 0 Å². The van der Waals surface area contributed by atoms with Gasteiger partial charge in [-0.05, 0) is 22.9 Å². The van der Waals surface area contributed by atoms with Crippen LogP contribution in [0.1, 0.15) is 0 Å². The SMILES string of the molecule is Clc1nnc(-c2ccccc2)c2cc3ccccc3cc12. The fourth-order valence-corrected chi connectivity index (χ4v) is 2.81. The van der Waals surface area contributed by atoms with Crippen molar-refractivity contribution in [2.75, 3.05) is 0 Å². The molecule has 100 valence electrons. The average Bonchev–Trinajstić information content (AvgIpc) is 2.55. The third-order valence-corrected chi connectivity index (χ3v) is 3.93. The molecule has 0 bridgehead atoms. The highest BCUT2D eigenvalue weighted by molar-refractivity contribution is 6.35. The normalized spacial score (nSPS) is 11.1. The van der Waals surface area contributed by atoms with Crippen molar-refractivity contribution in [2.45, 2.75) is 0 Å². The van der Waals surface area contributed by atoms with Crippen LogP contribution in [0.15, 0.2) is 66.7 Å². The number of hydrogen-bond donors (Lipinski definition) is 0. The van der Waals surface area contributed by atoms with E-state index in [-0.39, 0.29) is 0 Å². The van der Waals surface area contributed by atoms with Crippen molar-refractivity contribution < 1.29 is 0 Å². The molecule has 1 heterocycles. The molecule has 0 aliphatic carbocycles. The lowest BCUT2D eigenvalue weighted by atomic mass is 10.0. The molecule has 0 fully saturated rings. The zero-order valence-corrected chi connectivity index (χ0v) is 11.9. The largest absolute Gasteiger partial charge is 0.159 e. The Bertz CT molecular complexity index is 949. The first kappa shape index (κ1) is 12.3. The minimum atomic E-state index is 0.440. The molecule has 4 aromatic rings. The highest BCUT2D eigenvalue weighted by atomic mass is 35.5. The van der Waals surface area contributed by atoms with E-state index in [0.717, 1.165) is 27.4 Å². The van der Waals surface area contributed by atoms with Crippen LogP contribution in [0.5, 0.6) is 0 Å². The first-order valence-corrected chi connectivity index (χ1v) is 7.11. The Hall–Kier alpha value is -2.45. The van der Waals surface area contributed by atoms with Crippen molar-refractivity contribution in [3.8, 4) is 11.3 Å². The van der Waals surface area contributed by atoms with Crippen LogP contribution >= 0.6 is 11.6 Å². The van der Waals surface area contributed by atoms with Gasteiger partial charge in [-0.2, -0.15) is 0 Å². The van der Waals surface area contributed by atoms with E-state index in [9.17, 15) is 0 Å². The number of benzene rings is 3. The van der Waals surface area contributed by atoms with Gasteiger partial charge in [0.25, 0.3) is 0 Å². The summed E-state index contributed by atoms with van der Waals surface area (Å²) in [5, 5.41) is 13.1. The van der Waals surface area contributed by atoms with Gasteiger partial charge < -0.3 is 0 Å². The van der Waals surface area contributed by atoms with Crippen molar-refractivity contribution in [2.24, 2.45) is 0 Å². The summed E-state index contributed by atoms with van der Waals surface area (Å²) >= 11 is 6.24. The number of halogens is 1. The molecule has 21 heavy (non-hydrogen) atoms. The van der Waals surface area contributed by atoms with Crippen LogP contribution < -0.4 is 0 Å². The van der Waals surface area contributed by atoms with Crippen LogP contribution in [0.3, 0.4) is 0 Å². The van der Waals surface area contributed by atoms with Crippen LogP contribution in [0.4, 0.5) is 0 Å². The smallest absolute Gasteiger partial charge is 0.148 e. The van der Waals surface area contributed by atoms with E-state index < -0.39 is 0 Å². The average molecular weight is 291 g/mol. The molecule has 0 atom stereocenters. The van der Waals surface area contributed by atoms with Crippen molar-refractivity contribution in [3.05, 3.63) is 71.9 Å². The van der Waals surface area contributed by atoms with Crippen molar-refractivity contribution >= 4 is 33.1 Å². The van der Waals surface area contributed by atoms with Crippen LogP contribution in [0, 0.1) is 0 Å². The Kier molecular flexibility index (Phi) is 2.83. The lowest BCUT2D eigenvalue weighted by Gasteiger charge is -2.08. The number of aromatic nitrogens is 2. The standard InChI is InChI=1S/C18H11ClN2/c19-18-16-11-14-9-5-4-8-13(14)10-15(16)17(20-21-18)12-6-2-1-3-7-12/h1-11H. The lowest BCUT2D eigenvalue weighted by molar-refractivity contribution is 1.06. The maximum absolute atomic E-state index is 6.24. The molecule has 1 aromatic heterocycles. The van der Waals surface area contributed by atoms with Crippen LogP contribution in [-0.2, 0) is 0 Å². The molecule has 0 aliphatic heterocycles. The van der Waals surface area contributed by atoms with Gasteiger partial charge in [0, 0.05) is 16.3 Å². The van der Waals surface area contributed by atoms with E-state index in [1.54, 1.807) is 0 Å². The van der Waals surface area contributed by atoms with Crippen LogP contribution in [-0.4, -0.2) is 10.2 Å². The molecule has 3 aromatic carbocycles. The van der Waals surface area contributed by atoms with E-state index in [4.69, 9.17) is 11.6 Å². The van der Waals surface area contributed by atoms with Gasteiger partial charge in [0.1, 0.15) is 5.69 Å². The molecule has 0 amide bonds. The molecule has 0 aliphatic rings. The third-order valence-electron chi connectivity index (χ3n) is 3.65. The van der Waals surface area contributed by atoms with Crippen molar-refractivity contribution in [1.82, 2.24) is 10.2 Å². The molecule has 0 saturated carbocycles. The van der Waals surface area contributed by atoms with Gasteiger partial charge in [-0.1, -0.05) is 66.2 Å². The number of fused-ring (bicyclic) bond motifs is 2. The van der Waals surface area contributed by atoms with Crippen molar-refractivity contribution in [1.29, 1.82) is 0 Å². The summed E-state index contributed by atoms with van der Waals surface area (Å²) in [5.41, 5.74) is 1.91. The molecule has 0 N–H and O–H groups in total. The number of rotatable bonds is 1. The second kappa shape index (κ2) is 4.83. The van der Waals surface area contributed by atoms with Gasteiger partial charge in [0.05, 0.1) is 0 Å². The fraction of sp³-hybridized carbons (Fsp3) is 0. The van der Waals surface area contributed by atoms with E-state index >= 15 is 0 Å². The van der Waals surface area contributed by atoms with E-state index in [1.165, 1.54) is 5.39 Å². The fourth-order valence-electron chi connectivity index (χ4n) is 2.62. The predicted octanol–water partition coefficient (Wildman–Crippen LogP) is 5.10. The summed E-state index contributed by atoms with van der Waals surface area (Å²) in [7, 11) is 0. The first-order chi connectivity index (χ1) is 10.3. The van der Waals surface area contributed by atoms with Gasteiger partial charge >= 0.3 is 0 Å². The predicted molar refractivity (Wildman–Crippen MR) is 87.5 cm³/mol. The van der Waals surface area contributed by atoms with Gasteiger partial charge in [0.15, 0.2) is 5.15 Å². The zero-order chi connectivity index (χ0) is 14.2. The number of nitrogens with zero attached hydrogens (tertiary/aromatic N) is 2. The Balaban J connectivity index is 2.13. The summed E-state index contributed by atoms with van der Waals surface area (Å²) in [6, 6.07) is 22.5. The highest BCUT2D eigenvalue weighted by Gasteiger charge is 2.10. The van der Waals surface area contributed by atoms with Crippen LogP contribution in [0.2, 0.25) is 5.15 Å². The number of hydrogen-bond acceptors (Lipinski definition) is 2. The molecule has 0 unspecified atom stereocenters. The summed E-state index contributed by atoms with van der Waals surface area (Å²) in [6.07, 6.45) is 0. The molecule has 0 spiro atoms. The third kappa shape index (κ3) is 2.05. The Morgan fingerprint density at radius 3 is 2.00 bits per heavy atom. The molecule has 0 radical (unpaired) electrons. The van der Waals surface area contributed by atoms with Crippen molar-refractivity contribution in [3.63, 3.8) is 0 Å². The van der Waals surface area contributed by atoms with E-state index in [1.807, 2.05) is 42.5 Å². The molecule has 4 rings (SSSR count). The highest BCUT2D eigenvalue weighted by Crippen LogP contribution is 2.32. The van der Waals surface area contributed by atoms with E-state index in [2.05, 4.69) is 34.5 Å². The maximum atomic E-state index is 6.24. The molecule has 3 heteroatoms. The summed E-state index contributed by atoms with van der Waals surface area (Å²) in [6.45, 7) is 0. The monoisotopic (exact) mass is 290 g/mol. The second-order valence-electron chi connectivity index (χ2n) is 4.95. The molecular formula is C18H11ClN2. The summed E-state index contributed by atoms with van der Waals surface area (Å²) < 4.78 is 0. The molecule has 2 nitrogen and oxygen atoms in total. The first-order valence-electron chi connectivity index (χ1n) is 6.73. The quantitative estimate of drug-likeness (QED) is 0.456. The Morgan fingerprint density at radius 2 is 1.29 bits per heavy atom.